The Hall–Kier alpha value is -0.130. The van der Waals surface area contributed by atoms with E-state index in [4.69, 9.17) is 5.84 Å². The highest BCUT2D eigenvalue weighted by Gasteiger charge is 2.25. The topological polar surface area (TPSA) is 38.0 Å². The lowest BCUT2D eigenvalue weighted by atomic mass is 9.81. The standard InChI is InChI=1S/C14H21IN2/c1-10-6-5-9-12(13(10)15)14(17-16)11-7-3-2-4-8-11/h5-6,9,11,14,17H,2-4,7-8,16H2,1H3. The van der Waals surface area contributed by atoms with Crippen LogP contribution in [0.4, 0.5) is 0 Å². The van der Waals surface area contributed by atoms with Crippen LogP contribution in [0.1, 0.15) is 49.3 Å². The van der Waals surface area contributed by atoms with E-state index in [-0.39, 0.29) is 0 Å². The van der Waals surface area contributed by atoms with Gasteiger partial charge in [-0.3, -0.25) is 11.3 Å². The molecule has 17 heavy (non-hydrogen) atoms. The van der Waals surface area contributed by atoms with Crippen molar-refractivity contribution >= 4 is 22.6 Å². The van der Waals surface area contributed by atoms with Crippen LogP contribution in [0.15, 0.2) is 18.2 Å². The fourth-order valence-corrected chi connectivity index (χ4v) is 3.55. The second-order valence-electron chi connectivity index (χ2n) is 5.02. The van der Waals surface area contributed by atoms with Gasteiger partial charge in [-0.05, 0) is 59.4 Å². The van der Waals surface area contributed by atoms with E-state index >= 15 is 0 Å². The molecule has 1 aliphatic rings. The minimum Gasteiger partial charge on any atom is -0.271 e. The van der Waals surface area contributed by atoms with Gasteiger partial charge in [0.05, 0.1) is 0 Å². The fourth-order valence-electron chi connectivity index (χ4n) is 2.86. The van der Waals surface area contributed by atoms with Crippen LogP contribution in [-0.2, 0) is 0 Å². The Bertz CT molecular complexity index is 372. The number of hydrogen-bond donors (Lipinski definition) is 2. The van der Waals surface area contributed by atoms with E-state index in [9.17, 15) is 0 Å². The summed E-state index contributed by atoms with van der Waals surface area (Å²) in [5, 5.41) is 0. The molecule has 1 saturated carbocycles. The van der Waals surface area contributed by atoms with Gasteiger partial charge in [-0.25, -0.2) is 0 Å². The summed E-state index contributed by atoms with van der Waals surface area (Å²) < 4.78 is 1.36. The molecular formula is C14H21IN2. The molecule has 0 radical (unpaired) electrons. The molecule has 1 aliphatic carbocycles. The van der Waals surface area contributed by atoms with E-state index in [1.165, 1.54) is 46.8 Å². The Labute approximate surface area is 117 Å². The quantitative estimate of drug-likeness (QED) is 0.499. The first-order valence-corrected chi connectivity index (χ1v) is 7.53. The van der Waals surface area contributed by atoms with Crippen LogP contribution >= 0.6 is 22.6 Å². The minimum absolute atomic E-state index is 0.321. The van der Waals surface area contributed by atoms with Gasteiger partial charge >= 0.3 is 0 Å². The van der Waals surface area contributed by atoms with Crippen LogP contribution in [0.3, 0.4) is 0 Å². The van der Waals surface area contributed by atoms with Crippen LogP contribution in [-0.4, -0.2) is 0 Å². The molecule has 1 aromatic carbocycles. The number of aryl methyl sites for hydroxylation is 1. The molecule has 2 rings (SSSR count). The minimum atomic E-state index is 0.321. The Kier molecular flexibility index (Phi) is 4.82. The molecule has 0 spiro atoms. The highest BCUT2D eigenvalue weighted by molar-refractivity contribution is 14.1. The Balaban J connectivity index is 2.24. The van der Waals surface area contributed by atoms with Gasteiger partial charge in [0.15, 0.2) is 0 Å². The zero-order chi connectivity index (χ0) is 12.3. The average Bonchev–Trinajstić information content (AvgIpc) is 2.37. The fraction of sp³-hybridized carbons (Fsp3) is 0.571. The van der Waals surface area contributed by atoms with E-state index in [0.717, 1.165) is 0 Å². The van der Waals surface area contributed by atoms with Crippen LogP contribution in [0.5, 0.6) is 0 Å². The second kappa shape index (κ2) is 6.16. The summed E-state index contributed by atoms with van der Waals surface area (Å²) >= 11 is 2.44. The number of nitrogens with two attached hydrogens (primary N) is 1. The summed E-state index contributed by atoms with van der Waals surface area (Å²) in [6, 6.07) is 6.84. The number of halogens is 1. The maximum atomic E-state index is 5.80. The van der Waals surface area contributed by atoms with Crippen molar-refractivity contribution in [3.63, 3.8) is 0 Å². The number of hydrogen-bond acceptors (Lipinski definition) is 2. The van der Waals surface area contributed by atoms with Crippen LogP contribution < -0.4 is 11.3 Å². The maximum absolute atomic E-state index is 5.80. The van der Waals surface area contributed by atoms with Gasteiger partial charge in [-0.2, -0.15) is 0 Å². The van der Waals surface area contributed by atoms with Gasteiger partial charge in [-0.15, -0.1) is 0 Å². The summed E-state index contributed by atoms with van der Waals surface area (Å²) in [6.07, 6.45) is 6.70. The molecule has 1 fully saturated rings. The first kappa shape index (κ1) is 13.3. The number of nitrogens with one attached hydrogen (secondary N) is 1. The summed E-state index contributed by atoms with van der Waals surface area (Å²) in [5.74, 6) is 6.50. The van der Waals surface area contributed by atoms with E-state index < -0.39 is 0 Å². The van der Waals surface area contributed by atoms with Crippen LogP contribution in [0, 0.1) is 16.4 Å². The Morgan fingerprint density at radius 2 is 2.00 bits per heavy atom. The lowest BCUT2D eigenvalue weighted by Gasteiger charge is -2.31. The highest BCUT2D eigenvalue weighted by atomic mass is 127. The lowest BCUT2D eigenvalue weighted by molar-refractivity contribution is 0.273. The molecule has 1 unspecified atom stereocenters. The van der Waals surface area contributed by atoms with Gasteiger partial charge in [0.2, 0.25) is 0 Å². The second-order valence-corrected chi connectivity index (χ2v) is 6.10. The first-order chi connectivity index (χ1) is 8.24. The first-order valence-electron chi connectivity index (χ1n) is 6.45. The summed E-state index contributed by atoms with van der Waals surface area (Å²) in [7, 11) is 0. The van der Waals surface area contributed by atoms with E-state index in [1.54, 1.807) is 0 Å². The predicted molar refractivity (Wildman–Crippen MR) is 80.5 cm³/mol. The van der Waals surface area contributed by atoms with Gasteiger partial charge in [-0.1, -0.05) is 37.5 Å². The molecule has 3 N–H and O–H groups in total. The molecule has 0 bridgehead atoms. The van der Waals surface area contributed by atoms with Crippen molar-refractivity contribution in [2.45, 2.75) is 45.1 Å². The predicted octanol–water partition coefficient (Wildman–Crippen LogP) is 3.68. The molecule has 2 nitrogen and oxygen atoms in total. The summed E-state index contributed by atoms with van der Waals surface area (Å²) in [4.78, 5) is 0. The molecule has 1 atom stereocenters. The molecule has 0 heterocycles. The van der Waals surface area contributed by atoms with E-state index in [2.05, 4.69) is 53.1 Å². The highest BCUT2D eigenvalue weighted by Crippen LogP contribution is 2.36. The lowest BCUT2D eigenvalue weighted by Crippen LogP contribution is -2.35. The molecule has 0 aromatic heterocycles. The smallest absolute Gasteiger partial charge is 0.0498 e. The van der Waals surface area contributed by atoms with Crippen molar-refractivity contribution in [1.82, 2.24) is 5.43 Å². The number of rotatable bonds is 3. The number of benzene rings is 1. The third kappa shape index (κ3) is 3.01. The van der Waals surface area contributed by atoms with Crippen molar-refractivity contribution in [3.05, 3.63) is 32.9 Å². The SMILES string of the molecule is Cc1cccc(C(NN)C2CCCCC2)c1I. The normalized spacial score (nSPS) is 19.2. The van der Waals surface area contributed by atoms with Crippen LogP contribution in [0.25, 0.3) is 0 Å². The molecule has 3 heteroatoms. The summed E-state index contributed by atoms with van der Waals surface area (Å²) in [6.45, 7) is 2.17. The van der Waals surface area contributed by atoms with Gasteiger partial charge in [0, 0.05) is 9.61 Å². The molecule has 94 valence electrons. The van der Waals surface area contributed by atoms with Gasteiger partial charge in [0.25, 0.3) is 0 Å². The Morgan fingerprint density at radius 3 is 2.65 bits per heavy atom. The van der Waals surface area contributed by atoms with Crippen molar-refractivity contribution in [2.75, 3.05) is 0 Å². The zero-order valence-electron chi connectivity index (χ0n) is 10.4. The molecule has 0 saturated heterocycles. The molecule has 0 aliphatic heterocycles. The maximum Gasteiger partial charge on any atom is 0.0498 e. The Morgan fingerprint density at radius 1 is 1.29 bits per heavy atom. The van der Waals surface area contributed by atoms with Crippen LogP contribution in [0.2, 0.25) is 0 Å². The molecular weight excluding hydrogens is 323 g/mol. The molecule has 1 aromatic rings. The van der Waals surface area contributed by atoms with Gasteiger partial charge in [0.1, 0.15) is 0 Å². The van der Waals surface area contributed by atoms with Gasteiger partial charge < -0.3 is 0 Å². The largest absolute Gasteiger partial charge is 0.271 e. The third-order valence-corrected chi connectivity index (χ3v) is 5.33. The monoisotopic (exact) mass is 344 g/mol. The molecule has 0 amide bonds. The average molecular weight is 344 g/mol. The summed E-state index contributed by atoms with van der Waals surface area (Å²) in [5.41, 5.74) is 5.77. The van der Waals surface area contributed by atoms with Crippen molar-refractivity contribution in [2.24, 2.45) is 11.8 Å². The number of hydrazine groups is 1. The van der Waals surface area contributed by atoms with Crippen molar-refractivity contribution in [3.8, 4) is 0 Å². The van der Waals surface area contributed by atoms with Crippen molar-refractivity contribution in [1.29, 1.82) is 0 Å². The van der Waals surface area contributed by atoms with E-state index in [0.29, 0.717) is 12.0 Å². The van der Waals surface area contributed by atoms with E-state index in [1.807, 2.05) is 0 Å². The van der Waals surface area contributed by atoms with Crippen molar-refractivity contribution < 1.29 is 0 Å². The zero-order valence-corrected chi connectivity index (χ0v) is 12.5. The third-order valence-electron chi connectivity index (χ3n) is 3.86.